The Morgan fingerprint density at radius 2 is 2.25 bits per heavy atom. The van der Waals surface area contributed by atoms with Gasteiger partial charge in [-0.1, -0.05) is 6.07 Å². The lowest BCUT2D eigenvalue weighted by molar-refractivity contribution is -0.130. The van der Waals surface area contributed by atoms with Gasteiger partial charge in [-0.15, -0.1) is 11.3 Å². The highest BCUT2D eigenvalue weighted by Gasteiger charge is 2.29. The van der Waals surface area contributed by atoms with E-state index in [2.05, 4.69) is 20.8 Å². The third-order valence-electron chi connectivity index (χ3n) is 3.74. The van der Waals surface area contributed by atoms with Crippen LogP contribution in [0.4, 0.5) is 4.79 Å². The third-order valence-corrected chi connectivity index (χ3v) is 4.64. The standard InChI is InChI=1S/C15H17N5O3S/c1-20(13(21)5-4-10-14(22)17-15(23)16-10)8-9-7-11(19-18-9)12-3-2-6-24-12/h2-3,6-7,10H,4-5,8H2,1H3,(H,18,19)(H2,16,17,22,23)/t10-/m0/s1. The Kier molecular flexibility index (Phi) is 4.61. The van der Waals surface area contributed by atoms with E-state index in [9.17, 15) is 14.4 Å². The van der Waals surface area contributed by atoms with E-state index < -0.39 is 12.1 Å². The summed E-state index contributed by atoms with van der Waals surface area (Å²) in [5.41, 5.74) is 1.69. The van der Waals surface area contributed by atoms with Gasteiger partial charge in [-0.05, 0) is 23.9 Å². The molecule has 0 radical (unpaired) electrons. The van der Waals surface area contributed by atoms with Gasteiger partial charge in [0.1, 0.15) is 11.7 Å². The zero-order valence-electron chi connectivity index (χ0n) is 13.0. The molecule has 1 fully saturated rings. The second kappa shape index (κ2) is 6.83. The fourth-order valence-corrected chi connectivity index (χ4v) is 3.14. The predicted octanol–water partition coefficient (Wildman–Crippen LogP) is 1.08. The van der Waals surface area contributed by atoms with Crippen molar-refractivity contribution in [3.63, 3.8) is 0 Å². The largest absolute Gasteiger partial charge is 0.340 e. The zero-order chi connectivity index (χ0) is 17.1. The van der Waals surface area contributed by atoms with Crippen LogP contribution in [-0.2, 0) is 16.1 Å². The number of urea groups is 1. The van der Waals surface area contributed by atoms with E-state index in [1.54, 1.807) is 23.3 Å². The number of thiophene rings is 1. The number of aromatic amines is 1. The molecular weight excluding hydrogens is 330 g/mol. The summed E-state index contributed by atoms with van der Waals surface area (Å²) < 4.78 is 0. The van der Waals surface area contributed by atoms with Gasteiger partial charge in [-0.3, -0.25) is 20.0 Å². The Bertz CT molecular complexity index is 755. The smallest absolute Gasteiger partial charge is 0.322 e. The first-order chi connectivity index (χ1) is 11.5. The highest BCUT2D eigenvalue weighted by atomic mass is 32.1. The minimum atomic E-state index is -0.632. The second-order valence-corrected chi connectivity index (χ2v) is 6.51. The molecule has 9 heteroatoms. The molecule has 2 aromatic rings. The lowest BCUT2D eigenvalue weighted by Gasteiger charge is -2.16. The number of hydrogen-bond donors (Lipinski definition) is 3. The van der Waals surface area contributed by atoms with Crippen LogP contribution in [0.1, 0.15) is 18.5 Å². The van der Waals surface area contributed by atoms with Crippen LogP contribution in [-0.4, -0.2) is 46.0 Å². The quantitative estimate of drug-likeness (QED) is 0.680. The molecule has 3 N–H and O–H groups in total. The summed E-state index contributed by atoms with van der Waals surface area (Å²) in [6.07, 6.45) is 0.463. The van der Waals surface area contributed by atoms with Gasteiger partial charge in [0.05, 0.1) is 17.1 Å². The van der Waals surface area contributed by atoms with Gasteiger partial charge in [0.15, 0.2) is 0 Å². The Morgan fingerprint density at radius 3 is 2.92 bits per heavy atom. The van der Waals surface area contributed by atoms with Crippen LogP contribution < -0.4 is 10.6 Å². The van der Waals surface area contributed by atoms with Crippen molar-refractivity contribution >= 4 is 29.2 Å². The van der Waals surface area contributed by atoms with Gasteiger partial charge < -0.3 is 10.2 Å². The van der Waals surface area contributed by atoms with Crippen molar-refractivity contribution in [3.05, 3.63) is 29.3 Å². The molecule has 0 unspecified atom stereocenters. The Labute approximate surface area is 142 Å². The Morgan fingerprint density at radius 1 is 1.42 bits per heavy atom. The van der Waals surface area contributed by atoms with Crippen molar-refractivity contribution in [2.24, 2.45) is 0 Å². The summed E-state index contributed by atoms with van der Waals surface area (Å²) >= 11 is 1.60. The highest BCUT2D eigenvalue weighted by molar-refractivity contribution is 7.13. The molecule has 1 saturated heterocycles. The Hall–Kier alpha value is -2.68. The van der Waals surface area contributed by atoms with Crippen LogP contribution in [0.15, 0.2) is 23.6 Å². The number of rotatable bonds is 6. The first-order valence-electron chi connectivity index (χ1n) is 7.46. The second-order valence-electron chi connectivity index (χ2n) is 5.56. The zero-order valence-corrected chi connectivity index (χ0v) is 13.9. The van der Waals surface area contributed by atoms with Crippen molar-refractivity contribution in [1.29, 1.82) is 0 Å². The number of aromatic nitrogens is 2. The van der Waals surface area contributed by atoms with Crippen LogP contribution in [0.25, 0.3) is 10.6 Å². The molecule has 4 amide bonds. The maximum absolute atomic E-state index is 12.2. The van der Waals surface area contributed by atoms with Gasteiger partial charge in [0.2, 0.25) is 5.91 Å². The van der Waals surface area contributed by atoms with Crippen LogP contribution >= 0.6 is 11.3 Å². The summed E-state index contributed by atoms with van der Waals surface area (Å²) in [6.45, 7) is 0.403. The van der Waals surface area contributed by atoms with Crippen molar-refractivity contribution in [2.45, 2.75) is 25.4 Å². The minimum absolute atomic E-state index is 0.101. The van der Waals surface area contributed by atoms with Gasteiger partial charge in [0, 0.05) is 13.5 Å². The highest BCUT2D eigenvalue weighted by Crippen LogP contribution is 2.23. The predicted molar refractivity (Wildman–Crippen MR) is 88.1 cm³/mol. The Balaban J connectivity index is 1.51. The third kappa shape index (κ3) is 3.62. The van der Waals surface area contributed by atoms with E-state index in [0.29, 0.717) is 6.54 Å². The number of carbonyl (C=O) groups excluding carboxylic acids is 3. The van der Waals surface area contributed by atoms with Crippen molar-refractivity contribution in [3.8, 4) is 10.6 Å². The molecule has 0 bridgehead atoms. The fraction of sp³-hybridized carbons (Fsp3) is 0.333. The summed E-state index contributed by atoms with van der Waals surface area (Å²) in [5.74, 6) is -0.485. The van der Waals surface area contributed by atoms with E-state index in [4.69, 9.17) is 0 Å². The first kappa shape index (κ1) is 16.2. The van der Waals surface area contributed by atoms with Crippen LogP contribution in [0.3, 0.4) is 0 Å². The number of nitrogens with one attached hydrogen (secondary N) is 3. The van der Waals surface area contributed by atoms with Gasteiger partial charge >= 0.3 is 6.03 Å². The number of hydrogen-bond acceptors (Lipinski definition) is 5. The van der Waals surface area contributed by atoms with Crippen molar-refractivity contribution < 1.29 is 14.4 Å². The molecule has 0 aliphatic carbocycles. The molecule has 2 aromatic heterocycles. The van der Waals surface area contributed by atoms with E-state index in [1.807, 2.05) is 23.6 Å². The normalized spacial score (nSPS) is 16.8. The molecule has 1 atom stereocenters. The number of nitrogens with zero attached hydrogens (tertiary/aromatic N) is 2. The molecule has 8 nitrogen and oxygen atoms in total. The van der Waals surface area contributed by atoms with Gasteiger partial charge in [-0.25, -0.2) is 4.79 Å². The van der Waals surface area contributed by atoms with E-state index in [0.717, 1.165) is 16.3 Å². The van der Waals surface area contributed by atoms with Crippen molar-refractivity contribution in [2.75, 3.05) is 7.05 Å². The number of carbonyl (C=O) groups is 3. The monoisotopic (exact) mass is 347 g/mol. The molecule has 126 valence electrons. The molecular formula is C15H17N5O3S. The average Bonchev–Trinajstić information content (AvgIpc) is 3.26. The number of amides is 4. The van der Waals surface area contributed by atoms with Gasteiger partial charge in [0.25, 0.3) is 5.91 Å². The molecule has 24 heavy (non-hydrogen) atoms. The molecule has 3 rings (SSSR count). The maximum Gasteiger partial charge on any atom is 0.322 e. The maximum atomic E-state index is 12.2. The summed E-state index contributed by atoms with van der Waals surface area (Å²) in [6, 6.07) is 4.72. The first-order valence-corrected chi connectivity index (χ1v) is 8.34. The topological polar surface area (TPSA) is 107 Å². The fourth-order valence-electron chi connectivity index (χ4n) is 2.46. The van der Waals surface area contributed by atoms with Gasteiger partial charge in [-0.2, -0.15) is 5.10 Å². The summed E-state index contributed by atoms with van der Waals surface area (Å²) in [7, 11) is 1.70. The molecule has 1 aliphatic heterocycles. The van der Waals surface area contributed by atoms with E-state index in [1.165, 1.54) is 0 Å². The average molecular weight is 347 g/mol. The van der Waals surface area contributed by atoms with E-state index >= 15 is 0 Å². The minimum Gasteiger partial charge on any atom is -0.340 e. The SMILES string of the molecule is CN(Cc1cc(-c2cccs2)n[nH]1)C(=O)CC[C@@H]1NC(=O)NC1=O. The molecule has 0 spiro atoms. The number of imide groups is 1. The lowest BCUT2D eigenvalue weighted by Crippen LogP contribution is -2.32. The number of H-pyrrole nitrogens is 1. The molecule has 0 saturated carbocycles. The van der Waals surface area contributed by atoms with Crippen molar-refractivity contribution in [1.82, 2.24) is 25.7 Å². The van der Waals surface area contributed by atoms with Crippen LogP contribution in [0.5, 0.6) is 0 Å². The van der Waals surface area contributed by atoms with Crippen LogP contribution in [0.2, 0.25) is 0 Å². The molecule has 1 aliphatic rings. The summed E-state index contributed by atoms with van der Waals surface area (Å²) in [5, 5.41) is 13.8. The summed E-state index contributed by atoms with van der Waals surface area (Å²) in [4.78, 5) is 37.3. The lowest BCUT2D eigenvalue weighted by atomic mass is 10.1. The molecule has 3 heterocycles. The van der Waals surface area contributed by atoms with Crippen LogP contribution in [0, 0.1) is 0 Å². The van der Waals surface area contributed by atoms with E-state index in [-0.39, 0.29) is 24.7 Å². The molecule has 0 aromatic carbocycles.